The van der Waals surface area contributed by atoms with Crippen molar-refractivity contribution in [1.82, 2.24) is 0 Å². The van der Waals surface area contributed by atoms with Crippen molar-refractivity contribution in [3.63, 3.8) is 0 Å². The first-order valence-electron chi connectivity index (χ1n) is 34.6. The van der Waals surface area contributed by atoms with E-state index in [0.29, 0.717) is 17.4 Å². The second kappa shape index (κ2) is 63.7. The van der Waals surface area contributed by atoms with Crippen LogP contribution in [-0.4, -0.2) is 82.3 Å². The topological polar surface area (TPSA) is 111 Å². The number of carbonyl (C=O) groups excluding carboxylic acids is 3. The summed E-state index contributed by atoms with van der Waals surface area (Å²) in [5, 5.41) is 11.8. The third kappa shape index (κ3) is 64.3. The van der Waals surface area contributed by atoms with Crippen LogP contribution in [0, 0.1) is 0 Å². The third-order valence-electron chi connectivity index (χ3n) is 15.2. The number of carbonyl (C=O) groups is 3. The lowest BCUT2D eigenvalue weighted by Crippen LogP contribution is -2.44. The van der Waals surface area contributed by atoms with Crippen LogP contribution in [0.3, 0.4) is 0 Å². The summed E-state index contributed by atoms with van der Waals surface area (Å²) >= 11 is 0. The normalized spacial score (nSPS) is 13.1. The van der Waals surface area contributed by atoms with E-state index in [-0.39, 0.29) is 38.6 Å². The first-order valence-corrected chi connectivity index (χ1v) is 34.6. The van der Waals surface area contributed by atoms with Crippen LogP contribution in [0.4, 0.5) is 0 Å². The molecule has 0 N–H and O–H groups in total. The Morgan fingerprint density at radius 2 is 0.695 bits per heavy atom. The van der Waals surface area contributed by atoms with Gasteiger partial charge in [0.1, 0.15) is 13.2 Å². The molecule has 0 radical (unpaired) electrons. The number of carboxylic acid groups (broad SMARTS) is 1. The van der Waals surface area contributed by atoms with Gasteiger partial charge in [-0.2, -0.15) is 0 Å². The molecule has 0 heterocycles. The second-order valence-electron chi connectivity index (χ2n) is 24.4. The molecule has 0 spiro atoms. The quantitative estimate of drug-likeness (QED) is 0.0195. The number of likely N-dealkylation sites (N-methyl/N-ethyl adjacent to an activating group) is 1. The first-order chi connectivity index (χ1) is 40.1. The maximum absolute atomic E-state index is 12.9. The fourth-order valence-electron chi connectivity index (χ4n) is 9.91. The van der Waals surface area contributed by atoms with Crippen LogP contribution < -0.4 is 5.11 Å². The molecule has 9 nitrogen and oxygen atoms in total. The maximum atomic E-state index is 12.9. The molecule has 0 amide bonds. The number of unbranched alkanes of at least 4 members (excludes halogenated alkanes) is 37. The summed E-state index contributed by atoms with van der Waals surface area (Å²) in [5.74, 6) is -2.28. The third-order valence-corrected chi connectivity index (χ3v) is 15.2. The highest BCUT2D eigenvalue weighted by atomic mass is 16.7. The Morgan fingerprint density at radius 3 is 1.04 bits per heavy atom. The van der Waals surface area contributed by atoms with Crippen molar-refractivity contribution < 1.29 is 42.9 Å². The molecule has 0 aliphatic heterocycles. The van der Waals surface area contributed by atoms with Gasteiger partial charge in [-0.15, -0.1) is 0 Å². The Labute approximate surface area is 507 Å². The molecule has 82 heavy (non-hydrogen) atoms. The van der Waals surface area contributed by atoms with Crippen molar-refractivity contribution in [1.29, 1.82) is 0 Å². The number of carboxylic acids is 1. The predicted octanol–water partition coefficient (Wildman–Crippen LogP) is 20.0. The molecule has 0 saturated carbocycles. The van der Waals surface area contributed by atoms with E-state index in [0.717, 1.165) is 77.0 Å². The number of rotatable bonds is 64. The molecule has 0 rings (SSSR count). The van der Waals surface area contributed by atoms with Gasteiger partial charge in [0, 0.05) is 12.8 Å². The molecular weight excluding hydrogens is 1020 g/mol. The zero-order chi connectivity index (χ0) is 59.8. The van der Waals surface area contributed by atoms with Gasteiger partial charge in [-0.25, -0.2) is 0 Å². The van der Waals surface area contributed by atoms with E-state index < -0.39 is 24.3 Å². The smallest absolute Gasteiger partial charge is 0.306 e. The van der Waals surface area contributed by atoms with Crippen molar-refractivity contribution in [2.45, 2.75) is 328 Å². The van der Waals surface area contributed by atoms with E-state index in [4.69, 9.17) is 18.9 Å². The average molecular weight is 1150 g/mol. The van der Waals surface area contributed by atoms with Crippen molar-refractivity contribution in [2.75, 3.05) is 47.5 Å². The van der Waals surface area contributed by atoms with Gasteiger partial charge in [0.05, 0.1) is 40.3 Å². The Bertz CT molecular complexity index is 1570. The van der Waals surface area contributed by atoms with Crippen LogP contribution in [0.5, 0.6) is 0 Å². The lowest BCUT2D eigenvalue weighted by Gasteiger charge is -2.26. The van der Waals surface area contributed by atoms with Crippen LogP contribution in [0.2, 0.25) is 0 Å². The van der Waals surface area contributed by atoms with E-state index in [1.807, 2.05) is 21.1 Å². The van der Waals surface area contributed by atoms with Gasteiger partial charge in [-0.3, -0.25) is 9.59 Å². The van der Waals surface area contributed by atoms with Crippen LogP contribution in [0.1, 0.15) is 316 Å². The zero-order valence-corrected chi connectivity index (χ0v) is 54.4. The van der Waals surface area contributed by atoms with Gasteiger partial charge >= 0.3 is 11.9 Å². The number of hydrogen-bond acceptors (Lipinski definition) is 8. The number of hydrogen-bond donors (Lipinski definition) is 0. The van der Waals surface area contributed by atoms with Crippen molar-refractivity contribution in [3.05, 3.63) is 72.9 Å². The molecule has 0 saturated heterocycles. The summed E-state index contributed by atoms with van der Waals surface area (Å²) in [4.78, 5) is 37.4. The Hall–Kier alpha value is -3.27. The summed E-state index contributed by atoms with van der Waals surface area (Å²) in [5.41, 5.74) is 0. The molecule has 0 aromatic carbocycles. The number of nitrogens with zero attached hydrogens (tertiary/aromatic N) is 1. The van der Waals surface area contributed by atoms with E-state index >= 15 is 0 Å². The molecule has 0 bridgehead atoms. The minimum atomic E-state index is -1.62. The molecule has 0 fully saturated rings. The van der Waals surface area contributed by atoms with E-state index in [9.17, 15) is 19.5 Å². The van der Waals surface area contributed by atoms with Gasteiger partial charge in [0.2, 0.25) is 0 Å². The van der Waals surface area contributed by atoms with Gasteiger partial charge in [-0.1, -0.05) is 292 Å². The van der Waals surface area contributed by atoms with E-state index in [2.05, 4.69) is 86.8 Å². The fraction of sp³-hybridized carbons (Fsp3) is 0.795. The average Bonchev–Trinajstić information content (AvgIpc) is 3.45. The number of allylic oxidation sites excluding steroid dienone is 12. The second-order valence-corrected chi connectivity index (χ2v) is 24.4. The van der Waals surface area contributed by atoms with Crippen LogP contribution in [-0.2, 0) is 33.3 Å². The predicted molar refractivity (Wildman–Crippen MR) is 348 cm³/mol. The summed E-state index contributed by atoms with van der Waals surface area (Å²) in [7, 11) is 5.93. The molecule has 9 heteroatoms. The molecule has 476 valence electrons. The van der Waals surface area contributed by atoms with E-state index in [1.165, 1.54) is 205 Å². The molecule has 2 atom stereocenters. The lowest BCUT2D eigenvalue weighted by molar-refractivity contribution is -0.870. The molecule has 2 unspecified atom stereocenters. The summed E-state index contributed by atoms with van der Waals surface area (Å²) in [6.45, 7) is 4.65. The highest BCUT2D eigenvalue weighted by Crippen LogP contribution is 2.18. The minimum Gasteiger partial charge on any atom is -0.545 e. The Balaban J connectivity index is 3.98. The van der Waals surface area contributed by atoms with E-state index in [1.54, 1.807) is 0 Å². The Kier molecular flexibility index (Phi) is 61.2. The largest absolute Gasteiger partial charge is 0.545 e. The number of aliphatic carboxylic acids is 1. The summed E-state index contributed by atoms with van der Waals surface area (Å²) in [6, 6.07) is 0. The van der Waals surface area contributed by atoms with Gasteiger partial charge in [0.15, 0.2) is 12.4 Å². The Morgan fingerprint density at radius 1 is 0.378 bits per heavy atom. The van der Waals surface area contributed by atoms with Gasteiger partial charge in [0.25, 0.3) is 0 Å². The molecule has 0 aliphatic carbocycles. The SMILES string of the molecule is CC/C=C\C/C=C\C/C=C\C/C=C\CCCCCCCCCCCCCCCCCCCCCCCCCCCCC(=O)OC(COC(=O)CCCCCCCCC/C=C\C/C=C\CCCCCC)COC(OCC[N+](C)(C)C)C(=O)[O-]. The lowest BCUT2D eigenvalue weighted by atomic mass is 10.0. The molecule has 0 aliphatic rings. The standard InChI is InChI=1S/C73H131NO8/c1-6-8-10-12-14-16-18-20-22-24-26-27-28-29-30-31-32-33-34-35-36-37-38-39-40-41-42-43-44-45-46-48-50-52-54-56-58-60-62-64-71(76)82-69(68-81-73(72(77)78)79-66-65-74(3,4)5)67-80-70(75)63-61-59-57-55-53-51-49-47-25-23-21-19-17-15-13-11-9-7-2/h8,10,14,16-17,19-20,22-23,25-27,69,73H,6-7,9,11-13,15,18,21,24,28-68H2,1-5H3/b10-8-,16-14-,19-17-,22-20-,25-23-,27-26-. The van der Waals surface area contributed by atoms with Gasteiger partial charge in [-0.05, 0) is 83.5 Å². The van der Waals surface area contributed by atoms with Crippen LogP contribution >= 0.6 is 0 Å². The van der Waals surface area contributed by atoms with Crippen LogP contribution in [0.15, 0.2) is 72.9 Å². The highest BCUT2D eigenvalue weighted by Gasteiger charge is 2.22. The first kappa shape index (κ1) is 78.7. The number of quaternary nitrogens is 1. The number of ether oxygens (including phenoxy) is 4. The zero-order valence-electron chi connectivity index (χ0n) is 54.4. The number of esters is 2. The molecule has 0 aromatic rings. The highest BCUT2D eigenvalue weighted by molar-refractivity contribution is 5.70. The summed E-state index contributed by atoms with van der Waals surface area (Å²) in [6.07, 6.45) is 81.4. The van der Waals surface area contributed by atoms with Crippen molar-refractivity contribution in [2.24, 2.45) is 0 Å². The monoisotopic (exact) mass is 1150 g/mol. The van der Waals surface area contributed by atoms with Crippen molar-refractivity contribution in [3.8, 4) is 0 Å². The molecular formula is C73H131NO8. The molecule has 0 aromatic heterocycles. The van der Waals surface area contributed by atoms with Crippen molar-refractivity contribution >= 4 is 17.9 Å². The van der Waals surface area contributed by atoms with Gasteiger partial charge < -0.3 is 33.3 Å². The fourth-order valence-corrected chi connectivity index (χ4v) is 9.91. The minimum absolute atomic E-state index is 0.147. The maximum Gasteiger partial charge on any atom is 0.306 e. The summed E-state index contributed by atoms with van der Waals surface area (Å²) < 4.78 is 22.8. The van der Waals surface area contributed by atoms with Crippen LogP contribution in [0.25, 0.3) is 0 Å².